The molecular weight excluding hydrogens is 332 g/mol. The SMILES string of the molecule is CC(=O)N1CCCc2cc(S(=O)(=O)N[C@@H]3COCC[C@H]3O)ccc21. The molecule has 1 saturated heterocycles. The smallest absolute Gasteiger partial charge is 0.240 e. The highest BCUT2D eigenvalue weighted by molar-refractivity contribution is 7.89. The first kappa shape index (κ1) is 17.3. The second kappa shape index (κ2) is 6.79. The number of carbonyl (C=O) groups is 1. The molecule has 2 atom stereocenters. The first-order chi connectivity index (χ1) is 11.4. The van der Waals surface area contributed by atoms with E-state index in [1.54, 1.807) is 17.0 Å². The summed E-state index contributed by atoms with van der Waals surface area (Å²) < 4.78 is 32.9. The van der Waals surface area contributed by atoms with Crippen LogP contribution in [0.2, 0.25) is 0 Å². The predicted octanol–water partition coefficient (Wildman–Crippen LogP) is 0.414. The van der Waals surface area contributed by atoms with Crippen LogP contribution < -0.4 is 9.62 Å². The molecule has 0 radical (unpaired) electrons. The Balaban J connectivity index is 1.85. The van der Waals surface area contributed by atoms with Gasteiger partial charge in [0.25, 0.3) is 0 Å². The number of nitrogens with one attached hydrogen (secondary N) is 1. The van der Waals surface area contributed by atoms with Crippen molar-refractivity contribution in [2.75, 3.05) is 24.7 Å². The van der Waals surface area contributed by atoms with E-state index >= 15 is 0 Å². The quantitative estimate of drug-likeness (QED) is 0.820. The van der Waals surface area contributed by atoms with Crippen LogP contribution in [0.3, 0.4) is 0 Å². The number of nitrogens with zero attached hydrogens (tertiary/aromatic N) is 1. The van der Waals surface area contributed by atoms with E-state index in [4.69, 9.17) is 4.74 Å². The number of benzene rings is 1. The second-order valence-corrected chi connectivity index (χ2v) is 7.94. The number of aliphatic hydroxyl groups excluding tert-OH is 1. The molecule has 8 heteroatoms. The number of carbonyl (C=O) groups excluding carboxylic acids is 1. The molecular formula is C16H22N2O5S. The molecule has 7 nitrogen and oxygen atoms in total. The minimum absolute atomic E-state index is 0.0489. The highest BCUT2D eigenvalue weighted by Crippen LogP contribution is 2.29. The van der Waals surface area contributed by atoms with Crippen LogP contribution in [0, 0.1) is 0 Å². The molecule has 0 bridgehead atoms. The van der Waals surface area contributed by atoms with Crippen LogP contribution in [-0.4, -0.2) is 51.3 Å². The Hall–Kier alpha value is -1.48. The van der Waals surface area contributed by atoms with Crippen molar-refractivity contribution in [2.45, 2.75) is 43.2 Å². The maximum Gasteiger partial charge on any atom is 0.240 e. The van der Waals surface area contributed by atoms with Crippen molar-refractivity contribution in [3.63, 3.8) is 0 Å². The van der Waals surface area contributed by atoms with Crippen LogP contribution in [0.15, 0.2) is 23.1 Å². The predicted molar refractivity (Wildman–Crippen MR) is 88.3 cm³/mol. The monoisotopic (exact) mass is 354 g/mol. The minimum atomic E-state index is -3.76. The lowest BCUT2D eigenvalue weighted by Gasteiger charge is -2.30. The first-order valence-corrected chi connectivity index (χ1v) is 9.56. The van der Waals surface area contributed by atoms with Gasteiger partial charge in [-0.1, -0.05) is 0 Å². The summed E-state index contributed by atoms with van der Waals surface area (Å²) >= 11 is 0. The fourth-order valence-electron chi connectivity index (χ4n) is 3.17. The molecule has 1 aromatic rings. The molecule has 2 aliphatic heterocycles. The normalized spacial score (nSPS) is 24.5. The molecule has 0 unspecified atom stereocenters. The van der Waals surface area contributed by atoms with E-state index in [0.717, 1.165) is 24.1 Å². The molecule has 2 heterocycles. The summed E-state index contributed by atoms with van der Waals surface area (Å²) in [5.74, 6) is -0.0489. The Labute approximate surface area is 141 Å². The van der Waals surface area contributed by atoms with E-state index in [1.165, 1.54) is 13.0 Å². The van der Waals surface area contributed by atoms with Crippen molar-refractivity contribution in [3.8, 4) is 0 Å². The van der Waals surface area contributed by atoms with E-state index in [9.17, 15) is 18.3 Å². The third-order valence-corrected chi connectivity index (χ3v) is 5.97. The van der Waals surface area contributed by atoms with Crippen LogP contribution in [0.4, 0.5) is 5.69 Å². The molecule has 2 aliphatic rings. The Morgan fingerprint density at radius 1 is 1.42 bits per heavy atom. The lowest BCUT2D eigenvalue weighted by Crippen LogP contribution is -2.49. The molecule has 0 spiro atoms. The maximum absolute atomic E-state index is 12.6. The molecule has 24 heavy (non-hydrogen) atoms. The molecule has 3 rings (SSSR count). The van der Waals surface area contributed by atoms with Crippen molar-refractivity contribution in [1.29, 1.82) is 0 Å². The number of hydrogen-bond acceptors (Lipinski definition) is 5. The largest absolute Gasteiger partial charge is 0.391 e. The van der Waals surface area contributed by atoms with Crippen LogP contribution in [0.25, 0.3) is 0 Å². The van der Waals surface area contributed by atoms with Crippen LogP contribution in [-0.2, 0) is 26.0 Å². The van der Waals surface area contributed by atoms with E-state index in [-0.39, 0.29) is 17.4 Å². The summed E-state index contributed by atoms with van der Waals surface area (Å²) in [5.41, 5.74) is 1.62. The number of aliphatic hydroxyl groups is 1. The molecule has 132 valence electrons. The summed E-state index contributed by atoms with van der Waals surface area (Å²) in [4.78, 5) is 13.5. The van der Waals surface area contributed by atoms with Gasteiger partial charge in [-0.25, -0.2) is 13.1 Å². The van der Waals surface area contributed by atoms with Crippen molar-refractivity contribution in [1.82, 2.24) is 4.72 Å². The molecule has 2 N–H and O–H groups in total. The van der Waals surface area contributed by atoms with Crippen molar-refractivity contribution >= 4 is 21.6 Å². The number of rotatable bonds is 3. The summed E-state index contributed by atoms with van der Waals surface area (Å²) in [5, 5.41) is 9.92. The van der Waals surface area contributed by atoms with Gasteiger partial charge in [-0.2, -0.15) is 0 Å². The summed E-state index contributed by atoms with van der Waals surface area (Å²) in [6.45, 7) is 2.74. The van der Waals surface area contributed by atoms with Crippen molar-refractivity contribution < 1.29 is 23.1 Å². The number of ether oxygens (including phenoxy) is 1. The third-order valence-electron chi connectivity index (χ3n) is 4.49. The lowest BCUT2D eigenvalue weighted by molar-refractivity contribution is -0.116. The molecule has 0 saturated carbocycles. The molecule has 0 aliphatic carbocycles. The summed E-state index contributed by atoms with van der Waals surface area (Å²) in [7, 11) is -3.76. The van der Waals surface area contributed by atoms with E-state index < -0.39 is 22.2 Å². The zero-order valence-electron chi connectivity index (χ0n) is 13.6. The Kier molecular flexibility index (Phi) is 4.91. The summed E-state index contributed by atoms with van der Waals surface area (Å²) in [6.07, 6.45) is 1.20. The van der Waals surface area contributed by atoms with Gasteiger partial charge in [0.1, 0.15) is 0 Å². The first-order valence-electron chi connectivity index (χ1n) is 8.07. The fourth-order valence-corrected chi connectivity index (χ4v) is 4.48. The number of aryl methyl sites for hydroxylation is 1. The van der Waals surface area contributed by atoms with Gasteiger partial charge in [-0.15, -0.1) is 0 Å². The second-order valence-electron chi connectivity index (χ2n) is 6.22. The highest BCUT2D eigenvalue weighted by atomic mass is 32.2. The number of fused-ring (bicyclic) bond motifs is 1. The van der Waals surface area contributed by atoms with Crippen molar-refractivity contribution in [2.24, 2.45) is 0 Å². The van der Waals surface area contributed by atoms with E-state index in [0.29, 0.717) is 19.6 Å². The number of hydrogen-bond donors (Lipinski definition) is 2. The Morgan fingerprint density at radius 3 is 2.92 bits per heavy atom. The number of sulfonamides is 1. The van der Waals surface area contributed by atoms with E-state index in [1.807, 2.05) is 0 Å². The number of anilines is 1. The van der Waals surface area contributed by atoms with E-state index in [2.05, 4.69) is 4.72 Å². The molecule has 1 fully saturated rings. The van der Waals surface area contributed by atoms with Crippen LogP contribution >= 0.6 is 0 Å². The van der Waals surface area contributed by atoms with Gasteiger partial charge in [0.05, 0.1) is 23.6 Å². The van der Waals surface area contributed by atoms with Gasteiger partial charge in [0.15, 0.2) is 0 Å². The van der Waals surface area contributed by atoms with Crippen molar-refractivity contribution in [3.05, 3.63) is 23.8 Å². The zero-order valence-corrected chi connectivity index (χ0v) is 14.4. The van der Waals surface area contributed by atoms with Gasteiger partial charge in [0.2, 0.25) is 15.9 Å². The van der Waals surface area contributed by atoms with Crippen LogP contribution in [0.5, 0.6) is 0 Å². The molecule has 1 amide bonds. The van der Waals surface area contributed by atoms with Gasteiger partial charge in [-0.3, -0.25) is 4.79 Å². The summed E-state index contributed by atoms with van der Waals surface area (Å²) in [6, 6.07) is 4.15. The Morgan fingerprint density at radius 2 is 2.21 bits per heavy atom. The fraction of sp³-hybridized carbons (Fsp3) is 0.562. The van der Waals surface area contributed by atoms with Gasteiger partial charge in [-0.05, 0) is 43.0 Å². The standard InChI is InChI=1S/C16H22N2O5S/c1-11(19)18-7-2-3-12-9-13(4-5-15(12)18)24(21,22)17-14-10-23-8-6-16(14)20/h4-5,9,14,16-17,20H,2-3,6-8,10H2,1H3/t14-,16-/m1/s1. The van der Waals surface area contributed by atoms with Gasteiger partial charge in [0, 0.05) is 25.8 Å². The molecule has 1 aromatic carbocycles. The molecule has 0 aromatic heterocycles. The minimum Gasteiger partial charge on any atom is -0.391 e. The third kappa shape index (κ3) is 3.46. The maximum atomic E-state index is 12.6. The highest BCUT2D eigenvalue weighted by Gasteiger charge is 2.30. The average Bonchev–Trinajstić information content (AvgIpc) is 2.55. The topological polar surface area (TPSA) is 95.9 Å². The van der Waals surface area contributed by atoms with Crippen LogP contribution in [0.1, 0.15) is 25.3 Å². The average molecular weight is 354 g/mol. The zero-order chi connectivity index (χ0) is 17.3. The lowest BCUT2D eigenvalue weighted by atomic mass is 10.0. The van der Waals surface area contributed by atoms with Gasteiger partial charge < -0.3 is 14.7 Å². The van der Waals surface area contributed by atoms with Gasteiger partial charge >= 0.3 is 0 Å². The Bertz CT molecular complexity index is 734. The number of amides is 1.